The number of benzene rings is 2. The maximum atomic E-state index is 11.9. The second-order valence-electron chi connectivity index (χ2n) is 4.31. The fraction of sp³-hybridized carbons (Fsp3) is 0.133. The molecule has 0 aliphatic rings. The van der Waals surface area contributed by atoms with Crippen LogP contribution < -0.4 is 4.74 Å². The summed E-state index contributed by atoms with van der Waals surface area (Å²) in [4.78, 5) is 13.3. The Bertz CT molecular complexity index is 601. The Balaban J connectivity index is 2.02. The van der Waals surface area contributed by atoms with Crippen LogP contribution in [0.4, 0.5) is 4.79 Å². The number of phenolic OH excluding ortho intramolecular Hbond substituents is 1. The largest absolute Gasteiger partial charge is 0.508 e. The van der Waals surface area contributed by atoms with Crippen molar-refractivity contribution in [2.45, 2.75) is 6.54 Å². The first kappa shape index (κ1) is 14.4. The van der Waals surface area contributed by atoms with E-state index in [1.54, 1.807) is 49.5 Å². The fourth-order valence-electron chi connectivity index (χ4n) is 1.67. The number of ether oxygens (including phenoxy) is 1. The molecule has 0 saturated carbocycles. The van der Waals surface area contributed by atoms with E-state index in [0.717, 1.165) is 4.47 Å². The van der Waals surface area contributed by atoms with Crippen LogP contribution in [0.15, 0.2) is 53.0 Å². The van der Waals surface area contributed by atoms with E-state index in [2.05, 4.69) is 15.9 Å². The van der Waals surface area contributed by atoms with Crippen molar-refractivity contribution in [1.82, 2.24) is 4.90 Å². The van der Waals surface area contributed by atoms with Crippen molar-refractivity contribution < 1.29 is 14.6 Å². The molecule has 2 aromatic carbocycles. The van der Waals surface area contributed by atoms with Crippen LogP contribution in [-0.2, 0) is 6.54 Å². The Kier molecular flexibility index (Phi) is 4.63. The molecule has 5 heteroatoms. The predicted molar refractivity (Wildman–Crippen MR) is 79.7 cm³/mol. The predicted octanol–water partition coefficient (Wildman–Crippen LogP) is 3.79. The van der Waals surface area contributed by atoms with Gasteiger partial charge in [0.05, 0.1) is 6.54 Å². The highest BCUT2D eigenvalue weighted by molar-refractivity contribution is 9.10. The second-order valence-corrected chi connectivity index (χ2v) is 5.23. The fourth-order valence-corrected chi connectivity index (χ4v) is 2.08. The smallest absolute Gasteiger partial charge is 0.415 e. The van der Waals surface area contributed by atoms with E-state index in [9.17, 15) is 9.90 Å². The SMILES string of the molecule is CN(Cc1cc(Br)ccc1O)C(=O)Oc1ccccc1. The zero-order chi connectivity index (χ0) is 14.5. The van der Waals surface area contributed by atoms with Gasteiger partial charge in [0.25, 0.3) is 0 Å². The highest BCUT2D eigenvalue weighted by Crippen LogP contribution is 2.23. The highest BCUT2D eigenvalue weighted by Gasteiger charge is 2.13. The van der Waals surface area contributed by atoms with Gasteiger partial charge in [0.1, 0.15) is 11.5 Å². The van der Waals surface area contributed by atoms with Crippen molar-refractivity contribution in [2.24, 2.45) is 0 Å². The lowest BCUT2D eigenvalue weighted by atomic mass is 10.2. The molecule has 0 spiro atoms. The summed E-state index contributed by atoms with van der Waals surface area (Å²) in [7, 11) is 1.62. The van der Waals surface area contributed by atoms with Crippen molar-refractivity contribution in [1.29, 1.82) is 0 Å². The number of hydrogen-bond acceptors (Lipinski definition) is 3. The number of nitrogens with zero attached hydrogens (tertiary/aromatic N) is 1. The number of phenols is 1. The Morgan fingerprint density at radius 2 is 1.95 bits per heavy atom. The van der Waals surface area contributed by atoms with Crippen LogP contribution in [0.2, 0.25) is 0 Å². The van der Waals surface area contributed by atoms with Gasteiger partial charge in [-0.3, -0.25) is 0 Å². The van der Waals surface area contributed by atoms with Crippen molar-refractivity contribution >= 4 is 22.0 Å². The zero-order valence-corrected chi connectivity index (χ0v) is 12.5. The summed E-state index contributed by atoms with van der Waals surface area (Å²) >= 11 is 3.33. The minimum absolute atomic E-state index is 0.146. The minimum Gasteiger partial charge on any atom is -0.508 e. The van der Waals surface area contributed by atoms with Crippen LogP contribution >= 0.6 is 15.9 Å². The lowest BCUT2D eigenvalue weighted by molar-refractivity contribution is 0.160. The average Bonchev–Trinajstić information content (AvgIpc) is 2.44. The molecule has 20 heavy (non-hydrogen) atoms. The quantitative estimate of drug-likeness (QED) is 0.928. The molecule has 0 fully saturated rings. The third-order valence-electron chi connectivity index (χ3n) is 2.71. The maximum absolute atomic E-state index is 11.9. The number of carbonyl (C=O) groups is 1. The minimum atomic E-state index is -0.476. The van der Waals surface area contributed by atoms with Crippen LogP contribution in [0.5, 0.6) is 11.5 Å². The Morgan fingerprint density at radius 1 is 1.25 bits per heavy atom. The van der Waals surface area contributed by atoms with Gasteiger partial charge in [-0.05, 0) is 30.3 Å². The summed E-state index contributed by atoms with van der Waals surface area (Å²) in [6.45, 7) is 0.261. The molecule has 2 aromatic rings. The molecule has 0 heterocycles. The Morgan fingerprint density at radius 3 is 2.65 bits per heavy atom. The van der Waals surface area contributed by atoms with Gasteiger partial charge in [-0.1, -0.05) is 34.1 Å². The van der Waals surface area contributed by atoms with E-state index in [1.807, 2.05) is 6.07 Å². The van der Waals surface area contributed by atoms with Crippen molar-refractivity contribution in [2.75, 3.05) is 7.05 Å². The molecule has 2 rings (SSSR count). The summed E-state index contributed by atoms with van der Waals surface area (Å²) in [6, 6.07) is 13.9. The number of amides is 1. The lowest BCUT2D eigenvalue weighted by Gasteiger charge is -2.17. The van der Waals surface area contributed by atoms with Gasteiger partial charge < -0.3 is 14.7 Å². The molecule has 0 aliphatic heterocycles. The highest BCUT2D eigenvalue weighted by atomic mass is 79.9. The summed E-state index contributed by atoms with van der Waals surface area (Å²) in [5, 5.41) is 9.76. The first-order valence-corrected chi connectivity index (χ1v) is 6.81. The third-order valence-corrected chi connectivity index (χ3v) is 3.20. The summed E-state index contributed by atoms with van der Waals surface area (Å²) < 4.78 is 6.05. The molecule has 0 bridgehead atoms. The van der Waals surface area contributed by atoms with E-state index < -0.39 is 6.09 Å². The molecule has 0 aromatic heterocycles. The van der Waals surface area contributed by atoms with Gasteiger partial charge in [-0.15, -0.1) is 0 Å². The number of carbonyl (C=O) groups excluding carboxylic acids is 1. The monoisotopic (exact) mass is 335 g/mol. The molecule has 0 unspecified atom stereocenters. The Labute approximate surface area is 125 Å². The molecule has 0 aliphatic carbocycles. The van der Waals surface area contributed by atoms with E-state index in [4.69, 9.17) is 4.74 Å². The second kappa shape index (κ2) is 6.43. The van der Waals surface area contributed by atoms with Gasteiger partial charge in [0.15, 0.2) is 0 Å². The van der Waals surface area contributed by atoms with Crippen LogP contribution in [0, 0.1) is 0 Å². The first-order chi connectivity index (χ1) is 9.56. The summed E-state index contributed by atoms with van der Waals surface area (Å²) in [5.74, 6) is 0.635. The maximum Gasteiger partial charge on any atom is 0.415 e. The molecular formula is C15H14BrNO3. The molecule has 0 atom stereocenters. The molecule has 0 saturated heterocycles. The lowest BCUT2D eigenvalue weighted by Crippen LogP contribution is -2.29. The third kappa shape index (κ3) is 3.74. The summed E-state index contributed by atoms with van der Waals surface area (Å²) in [6.07, 6.45) is -0.476. The van der Waals surface area contributed by atoms with Crippen LogP contribution in [0.1, 0.15) is 5.56 Å². The van der Waals surface area contributed by atoms with Crippen molar-refractivity contribution in [3.05, 3.63) is 58.6 Å². The van der Waals surface area contributed by atoms with Crippen LogP contribution in [0.25, 0.3) is 0 Å². The normalized spacial score (nSPS) is 10.1. The average molecular weight is 336 g/mol. The van der Waals surface area contributed by atoms with Crippen LogP contribution in [0.3, 0.4) is 0 Å². The number of aromatic hydroxyl groups is 1. The van der Waals surface area contributed by atoms with Gasteiger partial charge in [0.2, 0.25) is 0 Å². The van der Waals surface area contributed by atoms with E-state index in [1.165, 1.54) is 4.90 Å². The van der Waals surface area contributed by atoms with Gasteiger partial charge in [0, 0.05) is 17.1 Å². The molecule has 4 nitrogen and oxygen atoms in total. The number of hydrogen-bond donors (Lipinski definition) is 1. The van der Waals surface area contributed by atoms with E-state index in [0.29, 0.717) is 11.3 Å². The number of halogens is 1. The summed E-state index contributed by atoms with van der Waals surface area (Å²) in [5.41, 5.74) is 0.645. The van der Waals surface area contributed by atoms with Crippen LogP contribution in [-0.4, -0.2) is 23.1 Å². The van der Waals surface area contributed by atoms with Gasteiger partial charge >= 0.3 is 6.09 Å². The zero-order valence-electron chi connectivity index (χ0n) is 10.9. The molecule has 104 valence electrons. The molecule has 1 N–H and O–H groups in total. The number of para-hydroxylation sites is 1. The topological polar surface area (TPSA) is 49.8 Å². The van der Waals surface area contributed by atoms with E-state index >= 15 is 0 Å². The molecule has 0 radical (unpaired) electrons. The Hall–Kier alpha value is -2.01. The van der Waals surface area contributed by atoms with Crippen molar-refractivity contribution in [3.63, 3.8) is 0 Å². The van der Waals surface area contributed by atoms with Crippen molar-refractivity contribution in [3.8, 4) is 11.5 Å². The van der Waals surface area contributed by atoms with Gasteiger partial charge in [-0.25, -0.2) is 4.79 Å². The van der Waals surface area contributed by atoms with Gasteiger partial charge in [-0.2, -0.15) is 0 Å². The standard InChI is InChI=1S/C15H14BrNO3/c1-17(10-11-9-12(16)7-8-14(11)18)15(19)20-13-5-3-2-4-6-13/h2-9,18H,10H2,1H3. The number of rotatable bonds is 3. The molecule has 1 amide bonds. The van der Waals surface area contributed by atoms with E-state index in [-0.39, 0.29) is 12.3 Å². The first-order valence-electron chi connectivity index (χ1n) is 6.01. The molecular weight excluding hydrogens is 322 g/mol.